The fraction of sp³-hybridized carbons (Fsp3) is 0. The van der Waals surface area contributed by atoms with E-state index >= 15 is 0 Å². The van der Waals surface area contributed by atoms with Gasteiger partial charge in [0.05, 0.1) is 17.4 Å². The van der Waals surface area contributed by atoms with E-state index in [2.05, 4.69) is 20.9 Å². The zero-order valence-corrected chi connectivity index (χ0v) is 11.7. The van der Waals surface area contributed by atoms with Crippen molar-refractivity contribution in [1.29, 1.82) is 0 Å². The summed E-state index contributed by atoms with van der Waals surface area (Å²) in [6.45, 7) is 0. The first kappa shape index (κ1) is 12.9. The van der Waals surface area contributed by atoms with Gasteiger partial charge in [0.15, 0.2) is 0 Å². The Kier molecular flexibility index (Phi) is 3.88. The lowest BCUT2D eigenvalue weighted by Gasteiger charge is -2.05. The van der Waals surface area contributed by atoms with Crippen LogP contribution >= 0.6 is 27.7 Å². The molecule has 4 N–H and O–H groups in total. The van der Waals surface area contributed by atoms with E-state index in [9.17, 15) is 4.79 Å². The number of nitrogens with zero attached hydrogens (tertiary/aromatic N) is 1. The van der Waals surface area contributed by atoms with Crippen LogP contribution in [0.25, 0.3) is 0 Å². The number of nitrogen functional groups attached to an aromatic ring is 1. The van der Waals surface area contributed by atoms with Crippen molar-refractivity contribution in [2.75, 3.05) is 5.73 Å². The van der Waals surface area contributed by atoms with Gasteiger partial charge in [-0.3, -0.25) is 4.79 Å². The molecule has 0 spiro atoms. The topological polar surface area (TPSA) is 82.0 Å². The molecule has 1 aromatic carbocycles. The molecule has 18 heavy (non-hydrogen) atoms. The van der Waals surface area contributed by atoms with Gasteiger partial charge < -0.3 is 11.5 Å². The van der Waals surface area contributed by atoms with Crippen molar-refractivity contribution in [1.82, 2.24) is 4.98 Å². The average Bonchev–Trinajstić information content (AvgIpc) is 2.31. The Balaban J connectivity index is 2.30. The maximum atomic E-state index is 11.2. The first-order valence-electron chi connectivity index (χ1n) is 5.05. The number of anilines is 1. The summed E-state index contributed by atoms with van der Waals surface area (Å²) in [5.41, 5.74) is 11.5. The maximum absolute atomic E-state index is 11.2. The van der Waals surface area contributed by atoms with E-state index in [4.69, 9.17) is 11.5 Å². The molecule has 0 radical (unpaired) electrons. The molecule has 6 heteroatoms. The molecule has 2 aromatic rings. The number of amides is 1. The van der Waals surface area contributed by atoms with Gasteiger partial charge in [0.1, 0.15) is 5.03 Å². The van der Waals surface area contributed by atoms with E-state index in [-0.39, 0.29) is 0 Å². The van der Waals surface area contributed by atoms with Crippen molar-refractivity contribution in [2.45, 2.75) is 9.92 Å². The van der Waals surface area contributed by atoms with Crippen LogP contribution in [0.4, 0.5) is 5.69 Å². The number of pyridine rings is 1. The highest BCUT2D eigenvalue weighted by Crippen LogP contribution is 2.29. The molecule has 0 fully saturated rings. The van der Waals surface area contributed by atoms with Crippen molar-refractivity contribution < 1.29 is 4.79 Å². The summed E-state index contributed by atoms with van der Waals surface area (Å²) in [6, 6.07) is 9.39. The lowest BCUT2D eigenvalue weighted by molar-refractivity contribution is 0.100. The number of hydrogen-bond acceptors (Lipinski definition) is 4. The Labute approximate surface area is 117 Å². The van der Waals surface area contributed by atoms with Crippen LogP contribution in [-0.2, 0) is 0 Å². The molecule has 0 aliphatic rings. The minimum absolute atomic E-state index is 0.293. The molecule has 0 atom stereocenters. The summed E-state index contributed by atoms with van der Waals surface area (Å²) in [5, 5.41) is 0.677. The number of aromatic nitrogens is 1. The average molecular weight is 324 g/mol. The summed E-state index contributed by atoms with van der Waals surface area (Å²) >= 11 is 4.83. The first-order chi connectivity index (χ1) is 8.56. The molecule has 92 valence electrons. The minimum atomic E-state index is -0.550. The zero-order valence-electron chi connectivity index (χ0n) is 9.26. The molecule has 2 rings (SSSR count). The monoisotopic (exact) mass is 323 g/mol. The number of carbonyl (C=O) groups is 1. The van der Waals surface area contributed by atoms with E-state index in [1.807, 2.05) is 24.3 Å². The minimum Gasteiger partial charge on any atom is -0.397 e. The molecular formula is C12H10BrN3OS. The third kappa shape index (κ3) is 3.02. The third-order valence-electron chi connectivity index (χ3n) is 2.19. The van der Waals surface area contributed by atoms with Crippen molar-refractivity contribution >= 4 is 39.3 Å². The largest absolute Gasteiger partial charge is 0.397 e. The summed E-state index contributed by atoms with van der Waals surface area (Å²) in [5.74, 6) is -0.550. The summed E-state index contributed by atoms with van der Waals surface area (Å²) in [6.07, 6.45) is 1.44. The van der Waals surface area contributed by atoms with Gasteiger partial charge in [0, 0.05) is 9.37 Å². The number of nitrogens with two attached hydrogens (primary N) is 2. The van der Waals surface area contributed by atoms with Crippen LogP contribution < -0.4 is 11.5 Å². The number of hydrogen-bond donors (Lipinski definition) is 2. The normalized spacial score (nSPS) is 10.3. The fourth-order valence-electron chi connectivity index (χ4n) is 1.37. The van der Waals surface area contributed by atoms with Gasteiger partial charge in [-0.05, 0) is 24.3 Å². The van der Waals surface area contributed by atoms with E-state index in [1.54, 1.807) is 6.07 Å². The SMILES string of the molecule is NC(=O)c1cc(Sc2cccc(Br)c2)ncc1N. The number of benzene rings is 1. The van der Waals surface area contributed by atoms with Gasteiger partial charge in [-0.1, -0.05) is 33.8 Å². The van der Waals surface area contributed by atoms with Crippen LogP contribution in [-0.4, -0.2) is 10.9 Å². The highest BCUT2D eigenvalue weighted by molar-refractivity contribution is 9.10. The number of primary amides is 1. The van der Waals surface area contributed by atoms with Crippen LogP contribution in [0.1, 0.15) is 10.4 Å². The van der Waals surface area contributed by atoms with Crippen molar-refractivity contribution in [3.05, 3.63) is 46.6 Å². The van der Waals surface area contributed by atoms with Crippen LogP contribution in [0.5, 0.6) is 0 Å². The number of halogens is 1. The van der Waals surface area contributed by atoms with Gasteiger partial charge in [0.2, 0.25) is 0 Å². The molecule has 0 bridgehead atoms. The lowest BCUT2D eigenvalue weighted by Crippen LogP contribution is -2.13. The Morgan fingerprint density at radius 1 is 1.33 bits per heavy atom. The molecule has 0 aliphatic heterocycles. The predicted molar refractivity (Wildman–Crippen MR) is 75.4 cm³/mol. The maximum Gasteiger partial charge on any atom is 0.250 e. The first-order valence-corrected chi connectivity index (χ1v) is 6.66. The summed E-state index contributed by atoms with van der Waals surface area (Å²) in [4.78, 5) is 16.4. The van der Waals surface area contributed by atoms with Gasteiger partial charge >= 0.3 is 0 Å². The van der Waals surface area contributed by atoms with E-state index in [0.29, 0.717) is 16.3 Å². The Hall–Kier alpha value is -1.53. The second-order valence-corrected chi connectivity index (χ2v) is 5.54. The van der Waals surface area contributed by atoms with Gasteiger partial charge in [0.25, 0.3) is 5.91 Å². The molecule has 1 aromatic heterocycles. The second kappa shape index (κ2) is 5.41. The van der Waals surface area contributed by atoms with E-state index in [1.165, 1.54) is 18.0 Å². The highest BCUT2D eigenvalue weighted by Gasteiger charge is 2.08. The van der Waals surface area contributed by atoms with Crippen molar-refractivity contribution in [2.24, 2.45) is 5.73 Å². The summed E-state index contributed by atoms with van der Waals surface area (Å²) < 4.78 is 0.984. The van der Waals surface area contributed by atoms with E-state index in [0.717, 1.165) is 9.37 Å². The standard InChI is InChI=1S/C12H10BrN3OS/c13-7-2-1-3-8(4-7)18-11-5-9(12(15)17)10(14)6-16-11/h1-6H,14H2,(H2,15,17). The summed E-state index contributed by atoms with van der Waals surface area (Å²) in [7, 11) is 0. The quantitative estimate of drug-likeness (QED) is 0.909. The van der Waals surface area contributed by atoms with Crippen LogP contribution in [0.2, 0.25) is 0 Å². The van der Waals surface area contributed by atoms with Crippen LogP contribution in [0.15, 0.2) is 50.9 Å². The van der Waals surface area contributed by atoms with Gasteiger partial charge in [-0.25, -0.2) is 4.98 Å². The molecule has 0 saturated heterocycles. The smallest absolute Gasteiger partial charge is 0.250 e. The third-order valence-corrected chi connectivity index (χ3v) is 3.61. The highest BCUT2D eigenvalue weighted by atomic mass is 79.9. The Morgan fingerprint density at radius 3 is 2.78 bits per heavy atom. The van der Waals surface area contributed by atoms with Crippen LogP contribution in [0, 0.1) is 0 Å². The molecule has 0 saturated carbocycles. The van der Waals surface area contributed by atoms with Crippen molar-refractivity contribution in [3.63, 3.8) is 0 Å². The molecule has 1 heterocycles. The number of rotatable bonds is 3. The number of carbonyl (C=O) groups excluding carboxylic acids is 1. The molecule has 0 unspecified atom stereocenters. The Bertz CT molecular complexity index is 604. The van der Waals surface area contributed by atoms with Gasteiger partial charge in [-0.15, -0.1) is 0 Å². The molecular weight excluding hydrogens is 314 g/mol. The molecule has 4 nitrogen and oxygen atoms in total. The molecule has 1 amide bonds. The van der Waals surface area contributed by atoms with Gasteiger partial charge in [-0.2, -0.15) is 0 Å². The van der Waals surface area contributed by atoms with Crippen LogP contribution in [0.3, 0.4) is 0 Å². The van der Waals surface area contributed by atoms with Crippen molar-refractivity contribution in [3.8, 4) is 0 Å². The Morgan fingerprint density at radius 2 is 2.11 bits per heavy atom. The second-order valence-electron chi connectivity index (χ2n) is 3.53. The predicted octanol–water partition coefficient (Wildman–Crippen LogP) is 2.68. The zero-order chi connectivity index (χ0) is 13.1. The lowest BCUT2D eigenvalue weighted by atomic mass is 10.2. The fourth-order valence-corrected chi connectivity index (χ4v) is 2.77. The molecule has 0 aliphatic carbocycles. The van der Waals surface area contributed by atoms with E-state index < -0.39 is 5.91 Å².